The first-order valence-corrected chi connectivity index (χ1v) is 5.14. The van der Waals surface area contributed by atoms with Crippen LogP contribution in [0.1, 0.15) is 33.6 Å². The first-order chi connectivity index (χ1) is 5.57. The van der Waals surface area contributed by atoms with Gasteiger partial charge in [0.25, 0.3) is 0 Å². The van der Waals surface area contributed by atoms with Crippen molar-refractivity contribution >= 4 is 11.6 Å². The monoisotopic (exact) mass is 192 g/mol. The maximum absolute atomic E-state index is 6.12. The third-order valence-corrected chi connectivity index (χ3v) is 2.83. The van der Waals surface area contributed by atoms with Crippen molar-refractivity contribution in [2.24, 2.45) is 11.8 Å². The molecule has 0 heterocycles. The standard InChI is InChI=1S/C10H21ClO/c1-8(2)10(11)6-5-9(3)7-12-4/h8-10H,5-7H2,1-4H3. The van der Waals surface area contributed by atoms with Crippen molar-refractivity contribution in [1.29, 1.82) is 0 Å². The van der Waals surface area contributed by atoms with Gasteiger partial charge in [0.05, 0.1) is 0 Å². The lowest BCUT2D eigenvalue weighted by atomic mass is 10.00. The van der Waals surface area contributed by atoms with E-state index in [1.165, 1.54) is 6.42 Å². The van der Waals surface area contributed by atoms with Crippen molar-refractivity contribution in [2.45, 2.75) is 39.0 Å². The van der Waals surface area contributed by atoms with Crippen molar-refractivity contribution in [1.82, 2.24) is 0 Å². The summed E-state index contributed by atoms with van der Waals surface area (Å²) >= 11 is 6.12. The second-order valence-corrected chi connectivity index (χ2v) is 4.46. The number of ether oxygens (including phenoxy) is 1. The summed E-state index contributed by atoms with van der Waals surface area (Å²) in [4.78, 5) is 0. The van der Waals surface area contributed by atoms with Crippen molar-refractivity contribution < 1.29 is 4.74 Å². The zero-order chi connectivity index (χ0) is 9.56. The Morgan fingerprint density at radius 3 is 2.17 bits per heavy atom. The fraction of sp³-hybridized carbons (Fsp3) is 1.00. The highest BCUT2D eigenvalue weighted by atomic mass is 35.5. The average Bonchev–Trinajstić information content (AvgIpc) is 2.00. The molecule has 0 N–H and O–H groups in total. The van der Waals surface area contributed by atoms with Gasteiger partial charge in [-0.1, -0.05) is 20.8 Å². The van der Waals surface area contributed by atoms with Crippen LogP contribution in [0.3, 0.4) is 0 Å². The number of hydrogen-bond donors (Lipinski definition) is 0. The molecule has 0 aliphatic heterocycles. The molecule has 0 amide bonds. The Morgan fingerprint density at radius 1 is 1.17 bits per heavy atom. The van der Waals surface area contributed by atoms with Crippen LogP contribution in [0.25, 0.3) is 0 Å². The molecular weight excluding hydrogens is 172 g/mol. The maximum Gasteiger partial charge on any atom is 0.0487 e. The topological polar surface area (TPSA) is 9.23 Å². The van der Waals surface area contributed by atoms with Crippen LogP contribution in [-0.4, -0.2) is 19.1 Å². The van der Waals surface area contributed by atoms with Gasteiger partial charge in [-0.05, 0) is 24.7 Å². The number of alkyl halides is 1. The van der Waals surface area contributed by atoms with Crippen LogP contribution in [0.5, 0.6) is 0 Å². The van der Waals surface area contributed by atoms with Crippen LogP contribution < -0.4 is 0 Å². The van der Waals surface area contributed by atoms with Crippen LogP contribution >= 0.6 is 11.6 Å². The predicted octanol–water partition coefficient (Wildman–Crippen LogP) is 3.31. The first-order valence-electron chi connectivity index (χ1n) is 4.71. The maximum atomic E-state index is 6.12. The Hall–Kier alpha value is 0.250. The molecule has 0 aromatic rings. The summed E-state index contributed by atoms with van der Waals surface area (Å²) in [5, 5.41) is 0.323. The lowest BCUT2D eigenvalue weighted by Gasteiger charge is -2.15. The van der Waals surface area contributed by atoms with Crippen LogP contribution in [0, 0.1) is 11.8 Å². The molecule has 0 spiro atoms. The van der Waals surface area contributed by atoms with E-state index in [1.807, 2.05) is 0 Å². The van der Waals surface area contributed by atoms with E-state index in [1.54, 1.807) is 7.11 Å². The molecule has 0 bridgehead atoms. The Balaban J connectivity index is 3.40. The normalized spacial score (nSPS) is 16.5. The highest BCUT2D eigenvalue weighted by molar-refractivity contribution is 6.20. The van der Waals surface area contributed by atoms with E-state index in [-0.39, 0.29) is 0 Å². The first kappa shape index (κ1) is 12.2. The lowest BCUT2D eigenvalue weighted by molar-refractivity contribution is 0.154. The summed E-state index contributed by atoms with van der Waals surface area (Å²) in [6.45, 7) is 7.38. The Kier molecular flexibility index (Phi) is 6.87. The van der Waals surface area contributed by atoms with Crippen molar-refractivity contribution in [3.05, 3.63) is 0 Å². The summed E-state index contributed by atoms with van der Waals surface area (Å²) in [6, 6.07) is 0. The zero-order valence-electron chi connectivity index (χ0n) is 8.64. The summed E-state index contributed by atoms with van der Waals surface area (Å²) in [7, 11) is 1.75. The van der Waals surface area contributed by atoms with Crippen molar-refractivity contribution in [3.8, 4) is 0 Å². The van der Waals surface area contributed by atoms with E-state index in [0.717, 1.165) is 13.0 Å². The molecule has 2 atom stereocenters. The quantitative estimate of drug-likeness (QED) is 0.587. The molecule has 0 aromatic heterocycles. The van der Waals surface area contributed by atoms with Gasteiger partial charge in [-0.15, -0.1) is 11.6 Å². The summed E-state index contributed by atoms with van der Waals surface area (Å²) in [5.74, 6) is 1.22. The minimum atomic E-state index is 0.323. The predicted molar refractivity (Wildman–Crippen MR) is 54.8 cm³/mol. The highest BCUT2D eigenvalue weighted by Crippen LogP contribution is 2.18. The van der Waals surface area contributed by atoms with Crippen LogP contribution in [0.2, 0.25) is 0 Å². The van der Waals surface area contributed by atoms with Gasteiger partial charge in [0.15, 0.2) is 0 Å². The lowest BCUT2D eigenvalue weighted by Crippen LogP contribution is -2.11. The number of rotatable bonds is 6. The molecule has 12 heavy (non-hydrogen) atoms. The Labute approximate surface area is 81.4 Å². The molecule has 2 unspecified atom stereocenters. The third kappa shape index (κ3) is 5.84. The van der Waals surface area contributed by atoms with E-state index in [0.29, 0.717) is 17.2 Å². The molecule has 0 saturated heterocycles. The fourth-order valence-electron chi connectivity index (χ4n) is 1.14. The minimum Gasteiger partial charge on any atom is -0.384 e. The van der Waals surface area contributed by atoms with Crippen LogP contribution in [0.15, 0.2) is 0 Å². The molecule has 0 rings (SSSR count). The molecule has 0 radical (unpaired) electrons. The Morgan fingerprint density at radius 2 is 1.75 bits per heavy atom. The van der Waals surface area contributed by atoms with Crippen molar-refractivity contribution in [3.63, 3.8) is 0 Å². The molecule has 0 aliphatic rings. The largest absolute Gasteiger partial charge is 0.384 e. The summed E-state index contributed by atoms with van der Waals surface area (Å²) < 4.78 is 5.05. The van der Waals surface area contributed by atoms with Crippen LogP contribution in [0.4, 0.5) is 0 Å². The van der Waals surface area contributed by atoms with E-state index in [4.69, 9.17) is 16.3 Å². The summed E-state index contributed by atoms with van der Waals surface area (Å²) in [5.41, 5.74) is 0. The van der Waals surface area contributed by atoms with E-state index in [9.17, 15) is 0 Å². The van der Waals surface area contributed by atoms with E-state index < -0.39 is 0 Å². The molecule has 74 valence electrons. The van der Waals surface area contributed by atoms with Crippen molar-refractivity contribution in [2.75, 3.05) is 13.7 Å². The van der Waals surface area contributed by atoms with Gasteiger partial charge >= 0.3 is 0 Å². The van der Waals surface area contributed by atoms with E-state index in [2.05, 4.69) is 20.8 Å². The van der Waals surface area contributed by atoms with Gasteiger partial charge in [-0.3, -0.25) is 0 Å². The van der Waals surface area contributed by atoms with Gasteiger partial charge in [0.2, 0.25) is 0 Å². The van der Waals surface area contributed by atoms with Gasteiger partial charge in [-0.25, -0.2) is 0 Å². The molecule has 0 aliphatic carbocycles. The van der Waals surface area contributed by atoms with Gasteiger partial charge in [0, 0.05) is 19.1 Å². The second kappa shape index (κ2) is 6.73. The molecular formula is C10H21ClO. The fourth-order valence-corrected chi connectivity index (χ4v) is 1.27. The molecule has 2 heteroatoms. The number of hydrogen-bond acceptors (Lipinski definition) is 1. The highest BCUT2D eigenvalue weighted by Gasteiger charge is 2.11. The van der Waals surface area contributed by atoms with Crippen LogP contribution in [-0.2, 0) is 4.74 Å². The van der Waals surface area contributed by atoms with E-state index >= 15 is 0 Å². The molecule has 1 nitrogen and oxygen atoms in total. The Bertz CT molecular complexity index is 104. The number of halogens is 1. The average molecular weight is 193 g/mol. The molecule has 0 fully saturated rings. The van der Waals surface area contributed by atoms with Gasteiger partial charge in [-0.2, -0.15) is 0 Å². The molecule has 0 saturated carbocycles. The third-order valence-electron chi connectivity index (χ3n) is 2.11. The molecule has 0 aromatic carbocycles. The second-order valence-electron chi connectivity index (χ2n) is 3.90. The van der Waals surface area contributed by atoms with Gasteiger partial charge < -0.3 is 4.74 Å². The smallest absolute Gasteiger partial charge is 0.0487 e. The van der Waals surface area contributed by atoms with Gasteiger partial charge in [0.1, 0.15) is 0 Å². The number of methoxy groups -OCH3 is 1. The minimum absolute atomic E-state index is 0.323. The summed E-state index contributed by atoms with van der Waals surface area (Å²) in [6.07, 6.45) is 2.27. The zero-order valence-corrected chi connectivity index (χ0v) is 9.40. The SMILES string of the molecule is COCC(C)CCC(Cl)C(C)C.